The first kappa shape index (κ1) is 17.3. The molecule has 27 heavy (non-hydrogen) atoms. The molecule has 9 heteroatoms. The van der Waals surface area contributed by atoms with Crippen LogP contribution in [0.1, 0.15) is 53.8 Å². The van der Waals surface area contributed by atoms with Crippen LogP contribution in [0.5, 0.6) is 0 Å². The second-order valence-electron chi connectivity index (χ2n) is 6.60. The van der Waals surface area contributed by atoms with Crippen molar-refractivity contribution in [3.05, 3.63) is 53.2 Å². The minimum absolute atomic E-state index is 0.0468. The van der Waals surface area contributed by atoms with Gasteiger partial charge in [-0.15, -0.1) is 0 Å². The molecule has 0 spiro atoms. The van der Waals surface area contributed by atoms with Crippen LogP contribution in [0.15, 0.2) is 28.8 Å². The smallest absolute Gasteiger partial charge is 0.270 e. The summed E-state index contributed by atoms with van der Waals surface area (Å²) >= 11 is 0. The number of aromatic nitrogens is 4. The molecule has 1 atom stereocenters. The van der Waals surface area contributed by atoms with E-state index in [1.54, 1.807) is 20.0 Å². The monoisotopic (exact) mass is 373 g/mol. The summed E-state index contributed by atoms with van der Waals surface area (Å²) in [5.41, 5.74) is 0.959. The van der Waals surface area contributed by atoms with Crippen molar-refractivity contribution in [3.63, 3.8) is 0 Å². The van der Waals surface area contributed by atoms with E-state index in [2.05, 4.69) is 20.6 Å². The summed E-state index contributed by atoms with van der Waals surface area (Å²) in [4.78, 5) is 16.5. The van der Waals surface area contributed by atoms with Crippen molar-refractivity contribution in [2.45, 2.75) is 31.7 Å². The van der Waals surface area contributed by atoms with Crippen LogP contribution >= 0.6 is 0 Å². The summed E-state index contributed by atoms with van der Waals surface area (Å²) in [5, 5.41) is 10.7. The molecule has 1 aliphatic carbocycles. The Hall–Kier alpha value is -3.10. The van der Waals surface area contributed by atoms with Gasteiger partial charge in [-0.25, -0.2) is 8.78 Å². The Morgan fingerprint density at radius 3 is 2.70 bits per heavy atom. The highest BCUT2D eigenvalue weighted by atomic mass is 19.1. The van der Waals surface area contributed by atoms with E-state index in [1.165, 1.54) is 10.7 Å². The lowest BCUT2D eigenvalue weighted by Gasteiger charge is -2.09. The lowest BCUT2D eigenvalue weighted by Crippen LogP contribution is -2.28. The van der Waals surface area contributed by atoms with E-state index in [-0.39, 0.29) is 23.2 Å². The maximum atomic E-state index is 13.9. The van der Waals surface area contributed by atoms with Crippen LogP contribution < -0.4 is 5.32 Å². The molecule has 0 aliphatic heterocycles. The van der Waals surface area contributed by atoms with E-state index < -0.39 is 17.7 Å². The van der Waals surface area contributed by atoms with Gasteiger partial charge in [-0.05, 0) is 38.0 Å². The molecular weight excluding hydrogens is 356 g/mol. The van der Waals surface area contributed by atoms with E-state index in [0.717, 1.165) is 30.7 Å². The van der Waals surface area contributed by atoms with Gasteiger partial charge in [-0.3, -0.25) is 9.48 Å². The Labute approximate surface area is 153 Å². The van der Waals surface area contributed by atoms with Gasteiger partial charge in [0, 0.05) is 13.0 Å². The molecule has 0 bridgehead atoms. The molecule has 0 saturated heterocycles. The van der Waals surface area contributed by atoms with Crippen LogP contribution in [0.25, 0.3) is 11.4 Å². The number of nitrogens with zero attached hydrogens (tertiary/aromatic N) is 4. The van der Waals surface area contributed by atoms with Gasteiger partial charge >= 0.3 is 0 Å². The fourth-order valence-corrected chi connectivity index (χ4v) is 2.84. The van der Waals surface area contributed by atoms with Crippen molar-refractivity contribution in [1.82, 2.24) is 25.2 Å². The van der Waals surface area contributed by atoms with E-state index in [1.807, 2.05) is 0 Å². The molecule has 140 valence electrons. The number of hydrogen-bond donors (Lipinski definition) is 1. The molecule has 2 heterocycles. The Kier molecular flexibility index (Phi) is 4.21. The highest BCUT2D eigenvalue weighted by Crippen LogP contribution is 2.39. The molecular formula is C18H17F2N5O2. The van der Waals surface area contributed by atoms with E-state index in [4.69, 9.17) is 4.52 Å². The molecule has 1 saturated carbocycles. The third-order valence-electron chi connectivity index (χ3n) is 4.47. The van der Waals surface area contributed by atoms with Crippen LogP contribution in [-0.2, 0) is 7.05 Å². The molecule has 0 radical (unpaired) electrons. The first-order valence-electron chi connectivity index (χ1n) is 8.57. The second-order valence-corrected chi connectivity index (χ2v) is 6.60. The number of aryl methyl sites for hydroxylation is 1. The molecule has 3 aromatic rings. The van der Waals surface area contributed by atoms with Crippen molar-refractivity contribution >= 4 is 5.91 Å². The van der Waals surface area contributed by atoms with Crippen molar-refractivity contribution in [1.29, 1.82) is 0 Å². The zero-order valence-corrected chi connectivity index (χ0v) is 14.7. The van der Waals surface area contributed by atoms with Gasteiger partial charge in [0.05, 0.1) is 11.3 Å². The van der Waals surface area contributed by atoms with Crippen LogP contribution in [0.3, 0.4) is 0 Å². The van der Waals surface area contributed by atoms with Crippen LogP contribution in [-0.4, -0.2) is 25.8 Å². The number of halogens is 2. The molecule has 2 aromatic heterocycles. The van der Waals surface area contributed by atoms with Gasteiger partial charge in [0.1, 0.15) is 23.4 Å². The molecule has 7 nitrogen and oxygen atoms in total. The number of amides is 1. The number of carbonyl (C=O) groups excluding carboxylic acids is 1. The molecule has 1 unspecified atom stereocenters. The second kappa shape index (κ2) is 6.57. The third kappa shape index (κ3) is 3.32. The molecule has 1 aliphatic rings. The number of hydrogen-bond acceptors (Lipinski definition) is 5. The standard InChI is InChI=1S/C18H17F2N5O2/c1-9(21-17(26)14-8-13(10-6-7-10)23-25(14)2)18-22-16(24-27-18)15-11(19)4-3-5-12(15)20/h3-5,8-10H,6-7H2,1-2H3,(H,21,26). The van der Waals surface area contributed by atoms with Crippen LogP contribution in [0.2, 0.25) is 0 Å². The van der Waals surface area contributed by atoms with E-state index in [9.17, 15) is 13.6 Å². The molecule has 1 fully saturated rings. The van der Waals surface area contributed by atoms with Gasteiger partial charge in [0.25, 0.3) is 5.91 Å². The predicted octanol–water partition coefficient (Wildman–Crippen LogP) is 3.12. The average Bonchev–Trinajstić information content (AvgIpc) is 3.22. The summed E-state index contributed by atoms with van der Waals surface area (Å²) in [6, 6.07) is 4.60. The predicted molar refractivity (Wildman–Crippen MR) is 90.7 cm³/mol. The normalized spacial score (nSPS) is 15.0. The quantitative estimate of drug-likeness (QED) is 0.743. The first-order valence-corrected chi connectivity index (χ1v) is 8.57. The molecule has 1 amide bonds. The summed E-state index contributed by atoms with van der Waals surface area (Å²) in [5.74, 6) is -1.66. The Morgan fingerprint density at radius 2 is 2.04 bits per heavy atom. The fourth-order valence-electron chi connectivity index (χ4n) is 2.84. The molecule has 1 aromatic carbocycles. The van der Waals surface area contributed by atoms with Gasteiger partial charge in [-0.1, -0.05) is 11.2 Å². The Balaban J connectivity index is 1.51. The van der Waals surface area contributed by atoms with Gasteiger partial charge in [0.15, 0.2) is 0 Å². The molecule has 1 N–H and O–H groups in total. The van der Waals surface area contributed by atoms with Gasteiger partial charge < -0.3 is 9.84 Å². The zero-order valence-electron chi connectivity index (χ0n) is 14.7. The number of carbonyl (C=O) groups is 1. The summed E-state index contributed by atoms with van der Waals surface area (Å²) in [6.07, 6.45) is 2.18. The third-order valence-corrected chi connectivity index (χ3v) is 4.47. The summed E-state index contributed by atoms with van der Waals surface area (Å²) in [7, 11) is 1.71. The SMILES string of the molecule is CC(NC(=O)c1cc(C2CC2)nn1C)c1nc(-c2c(F)cccc2F)no1. The maximum absolute atomic E-state index is 13.9. The minimum Gasteiger partial charge on any atom is -0.339 e. The molecule has 4 rings (SSSR count). The van der Waals surface area contributed by atoms with E-state index >= 15 is 0 Å². The van der Waals surface area contributed by atoms with Crippen molar-refractivity contribution in [3.8, 4) is 11.4 Å². The van der Waals surface area contributed by atoms with Crippen molar-refractivity contribution in [2.75, 3.05) is 0 Å². The van der Waals surface area contributed by atoms with Crippen LogP contribution in [0.4, 0.5) is 8.78 Å². The zero-order chi connectivity index (χ0) is 19.1. The van der Waals surface area contributed by atoms with Crippen molar-refractivity contribution < 1.29 is 18.1 Å². The largest absolute Gasteiger partial charge is 0.339 e. The number of rotatable bonds is 5. The summed E-state index contributed by atoms with van der Waals surface area (Å²) in [6.45, 7) is 1.64. The lowest BCUT2D eigenvalue weighted by atomic mass is 10.2. The Morgan fingerprint density at radius 1 is 1.33 bits per heavy atom. The maximum Gasteiger partial charge on any atom is 0.270 e. The van der Waals surface area contributed by atoms with E-state index in [0.29, 0.717) is 11.6 Å². The van der Waals surface area contributed by atoms with Gasteiger partial charge in [0.2, 0.25) is 11.7 Å². The van der Waals surface area contributed by atoms with Crippen LogP contribution in [0, 0.1) is 11.6 Å². The fraction of sp³-hybridized carbons (Fsp3) is 0.333. The number of nitrogens with one attached hydrogen (secondary N) is 1. The van der Waals surface area contributed by atoms with Gasteiger partial charge in [-0.2, -0.15) is 10.1 Å². The minimum atomic E-state index is -0.790. The first-order chi connectivity index (χ1) is 12.9. The highest BCUT2D eigenvalue weighted by molar-refractivity contribution is 5.92. The topological polar surface area (TPSA) is 85.8 Å². The highest BCUT2D eigenvalue weighted by Gasteiger charge is 2.29. The van der Waals surface area contributed by atoms with Crippen molar-refractivity contribution in [2.24, 2.45) is 7.05 Å². The summed E-state index contributed by atoms with van der Waals surface area (Å²) < 4.78 is 34.3. The number of benzene rings is 1. The average molecular weight is 373 g/mol. The lowest BCUT2D eigenvalue weighted by molar-refractivity contribution is 0.0923. The Bertz CT molecular complexity index is 989.